The lowest BCUT2D eigenvalue weighted by Crippen LogP contribution is -2.34. The molecule has 1 fully saturated rings. The summed E-state index contributed by atoms with van der Waals surface area (Å²) in [5.74, 6) is -0.857. The summed E-state index contributed by atoms with van der Waals surface area (Å²) in [6.07, 6.45) is 1.52. The molecular formula is C25H26N2O7S. The van der Waals surface area contributed by atoms with Crippen LogP contribution >= 0.6 is 11.8 Å². The van der Waals surface area contributed by atoms with Crippen LogP contribution < -0.4 is 14.8 Å². The summed E-state index contributed by atoms with van der Waals surface area (Å²) >= 11 is 0.737. The van der Waals surface area contributed by atoms with Gasteiger partial charge in [-0.25, -0.2) is 0 Å². The zero-order valence-electron chi connectivity index (χ0n) is 19.9. The quantitative estimate of drug-likeness (QED) is 0.409. The second-order valence-electron chi connectivity index (χ2n) is 7.62. The standard InChI is InChI=1S/C25H26N2O7S/c1-5-33-23(29)13-27-24(30)21(35-25(27)31)12-17-7-9-19(20(11-17)32-4)34-14-22(28)26-18-8-6-15(2)16(3)10-18/h6-12H,5,13-14H2,1-4H3,(H,26,28)/b21-12-. The third kappa shape index (κ3) is 6.63. The van der Waals surface area contributed by atoms with Gasteiger partial charge in [0.15, 0.2) is 18.1 Å². The van der Waals surface area contributed by atoms with Gasteiger partial charge in [-0.15, -0.1) is 0 Å². The van der Waals surface area contributed by atoms with Crippen LogP contribution in [0.15, 0.2) is 41.3 Å². The van der Waals surface area contributed by atoms with E-state index in [1.807, 2.05) is 32.0 Å². The molecule has 0 radical (unpaired) electrons. The lowest BCUT2D eigenvalue weighted by Gasteiger charge is -2.12. The first-order chi connectivity index (χ1) is 16.7. The van der Waals surface area contributed by atoms with Crippen LogP contribution in [0.1, 0.15) is 23.6 Å². The molecule has 1 heterocycles. The van der Waals surface area contributed by atoms with Gasteiger partial charge in [0.1, 0.15) is 6.54 Å². The Hall–Kier alpha value is -3.79. The molecule has 0 spiro atoms. The number of rotatable bonds is 9. The molecule has 0 aliphatic carbocycles. The highest BCUT2D eigenvalue weighted by molar-refractivity contribution is 8.18. The van der Waals surface area contributed by atoms with Gasteiger partial charge in [-0.1, -0.05) is 12.1 Å². The first-order valence-electron chi connectivity index (χ1n) is 10.8. The van der Waals surface area contributed by atoms with Gasteiger partial charge in [-0.2, -0.15) is 0 Å². The van der Waals surface area contributed by atoms with Crippen molar-refractivity contribution in [3.63, 3.8) is 0 Å². The van der Waals surface area contributed by atoms with Crippen LogP contribution in [-0.2, 0) is 19.1 Å². The molecule has 35 heavy (non-hydrogen) atoms. The average Bonchev–Trinajstić information content (AvgIpc) is 3.08. The van der Waals surface area contributed by atoms with E-state index >= 15 is 0 Å². The molecule has 0 atom stereocenters. The summed E-state index contributed by atoms with van der Waals surface area (Å²) in [6, 6.07) is 10.5. The van der Waals surface area contributed by atoms with Crippen LogP contribution in [0.2, 0.25) is 0 Å². The number of hydrogen-bond acceptors (Lipinski definition) is 8. The lowest BCUT2D eigenvalue weighted by atomic mass is 10.1. The van der Waals surface area contributed by atoms with E-state index in [-0.39, 0.29) is 24.0 Å². The molecule has 3 amide bonds. The van der Waals surface area contributed by atoms with Gasteiger partial charge in [0.2, 0.25) is 0 Å². The third-order valence-corrected chi connectivity index (χ3v) is 6.01. The van der Waals surface area contributed by atoms with Crippen molar-refractivity contribution in [2.75, 3.05) is 32.2 Å². The lowest BCUT2D eigenvalue weighted by molar-refractivity contribution is -0.146. The first-order valence-corrected chi connectivity index (χ1v) is 11.6. The number of carbonyl (C=O) groups excluding carboxylic acids is 4. The Labute approximate surface area is 207 Å². The molecule has 1 aliphatic heterocycles. The number of methoxy groups -OCH3 is 1. The smallest absolute Gasteiger partial charge is 0.326 e. The highest BCUT2D eigenvalue weighted by atomic mass is 32.2. The van der Waals surface area contributed by atoms with Crippen molar-refractivity contribution in [3.8, 4) is 11.5 Å². The van der Waals surface area contributed by atoms with Crippen molar-refractivity contribution >= 4 is 46.5 Å². The van der Waals surface area contributed by atoms with Crippen molar-refractivity contribution in [3.05, 3.63) is 58.0 Å². The fraction of sp³-hybridized carbons (Fsp3) is 0.280. The van der Waals surface area contributed by atoms with Crippen molar-refractivity contribution in [2.45, 2.75) is 20.8 Å². The molecule has 0 saturated carbocycles. The van der Waals surface area contributed by atoms with E-state index < -0.39 is 23.7 Å². The predicted molar refractivity (Wildman–Crippen MR) is 132 cm³/mol. The molecule has 184 valence electrons. The zero-order valence-corrected chi connectivity index (χ0v) is 20.7. The maximum Gasteiger partial charge on any atom is 0.326 e. The number of anilines is 1. The Morgan fingerprint density at radius 2 is 1.83 bits per heavy atom. The maximum atomic E-state index is 12.6. The minimum absolute atomic E-state index is 0.159. The van der Waals surface area contributed by atoms with Crippen LogP contribution in [-0.4, -0.2) is 54.8 Å². The molecule has 1 aliphatic rings. The Kier molecular flexibility index (Phi) is 8.53. The van der Waals surface area contributed by atoms with E-state index in [0.717, 1.165) is 27.8 Å². The molecule has 1 N–H and O–H groups in total. The number of carbonyl (C=O) groups is 4. The first kappa shape index (κ1) is 25.8. The summed E-state index contributed by atoms with van der Waals surface area (Å²) < 4.78 is 15.8. The Morgan fingerprint density at radius 1 is 1.06 bits per heavy atom. The molecule has 0 aromatic heterocycles. The third-order valence-electron chi connectivity index (χ3n) is 5.10. The Bertz CT molecular complexity index is 1190. The van der Waals surface area contributed by atoms with E-state index in [4.69, 9.17) is 14.2 Å². The molecule has 1 saturated heterocycles. The summed E-state index contributed by atoms with van der Waals surface area (Å²) in [4.78, 5) is 49.7. The van der Waals surface area contributed by atoms with Crippen LogP contribution in [0.3, 0.4) is 0 Å². The van der Waals surface area contributed by atoms with Gasteiger partial charge < -0.3 is 19.5 Å². The summed E-state index contributed by atoms with van der Waals surface area (Å²) in [7, 11) is 1.45. The second kappa shape index (κ2) is 11.6. The maximum absolute atomic E-state index is 12.6. The normalized spacial score (nSPS) is 14.3. The van der Waals surface area contributed by atoms with Crippen LogP contribution in [0.25, 0.3) is 6.08 Å². The van der Waals surface area contributed by atoms with E-state index in [0.29, 0.717) is 22.7 Å². The molecule has 2 aromatic carbocycles. The SMILES string of the molecule is CCOC(=O)CN1C(=O)S/C(=C\c2ccc(OCC(=O)Nc3ccc(C)c(C)c3)c(OC)c2)C1=O. The number of hydrogen-bond donors (Lipinski definition) is 1. The number of thioether (sulfide) groups is 1. The minimum Gasteiger partial charge on any atom is -0.493 e. The number of imide groups is 1. The van der Waals surface area contributed by atoms with Gasteiger partial charge in [-0.05, 0) is 79.6 Å². The van der Waals surface area contributed by atoms with E-state index in [1.54, 1.807) is 25.1 Å². The van der Waals surface area contributed by atoms with Crippen LogP contribution in [0.5, 0.6) is 11.5 Å². The second-order valence-corrected chi connectivity index (χ2v) is 8.61. The molecule has 2 aromatic rings. The number of esters is 1. The van der Waals surface area contributed by atoms with Crippen molar-refractivity contribution in [2.24, 2.45) is 0 Å². The highest BCUT2D eigenvalue weighted by Gasteiger charge is 2.36. The van der Waals surface area contributed by atoms with E-state index in [1.165, 1.54) is 13.2 Å². The predicted octanol–water partition coefficient (Wildman–Crippen LogP) is 3.93. The van der Waals surface area contributed by atoms with Gasteiger partial charge >= 0.3 is 5.97 Å². The van der Waals surface area contributed by atoms with Gasteiger partial charge in [0, 0.05) is 5.69 Å². The summed E-state index contributed by atoms with van der Waals surface area (Å²) in [6.45, 7) is 5.10. The number of benzene rings is 2. The minimum atomic E-state index is -0.652. The number of aryl methyl sites for hydroxylation is 2. The van der Waals surface area contributed by atoms with Crippen molar-refractivity contribution in [1.82, 2.24) is 4.90 Å². The molecule has 10 heteroatoms. The van der Waals surface area contributed by atoms with Crippen LogP contribution in [0.4, 0.5) is 10.5 Å². The zero-order chi connectivity index (χ0) is 25.5. The summed E-state index contributed by atoms with van der Waals surface area (Å²) in [5.41, 5.74) is 3.46. The molecule has 9 nitrogen and oxygen atoms in total. The van der Waals surface area contributed by atoms with E-state index in [9.17, 15) is 19.2 Å². The molecule has 0 bridgehead atoms. The highest BCUT2D eigenvalue weighted by Crippen LogP contribution is 2.34. The van der Waals surface area contributed by atoms with Gasteiger partial charge in [0.05, 0.1) is 18.6 Å². The van der Waals surface area contributed by atoms with Gasteiger partial charge in [-0.3, -0.25) is 24.1 Å². The summed E-state index contributed by atoms with van der Waals surface area (Å²) in [5, 5.41) is 2.24. The Balaban J connectivity index is 1.65. The molecular weight excluding hydrogens is 472 g/mol. The van der Waals surface area contributed by atoms with E-state index in [2.05, 4.69) is 5.32 Å². The monoisotopic (exact) mass is 498 g/mol. The molecule has 0 unspecified atom stereocenters. The fourth-order valence-electron chi connectivity index (χ4n) is 3.18. The average molecular weight is 499 g/mol. The number of nitrogens with one attached hydrogen (secondary N) is 1. The largest absolute Gasteiger partial charge is 0.493 e. The molecule has 3 rings (SSSR count). The van der Waals surface area contributed by atoms with Gasteiger partial charge in [0.25, 0.3) is 17.1 Å². The number of amides is 3. The Morgan fingerprint density at radius 3 is 2.51 bits per heavy atom. The van der Waals surface area contributed by atoms with Crippen LogP contribution in [0, 0.1) is 13.8 Å². The topological polar surface area (TPSA) is 111 Å². The fourth-order valence-corrected chi connectivity index (χ4v) is 4.01. The van der Waals surface area contributed by atoms with Crippen molar-refractivity contribution < 1.29 is 33.4 Å². The number of ether oxygens (including phenoxy) is 3. The number of nitrogens with zero attached hydrogens (tertiary/aromatic N) is 1. The van der Waals surface area contributed by atoms with Crippen molar-refractivity contribution in [1.29, 1.82) is 0 Å².